The third-order valence-electron chi connectivity index (χ3n) is 4.82. The summed E-state index contributed by atoms with van der Waals surface area (Å²) >= 11 is 0.960. The van der Waals surface area contributed by atoms with E-state index >= 15 is 0 Å². The fraction of sp³-hybridized carbons (Fsp3) is 0.320. The monoisotopic (exact) mass is 574 g/mol. The Labute approximate surface area is 230 Å². The highest BCUT2D eigenvalue weighted by molar-refractivity contribution is 7.89. The highest BCUT2D eigenvalue weighted by Gasteiger charge is 2.30. The molecular formula is C25H30N6O6S2. The first-order valence-corrected chi connectivity index (χ1v) is 14.2. The van der Waals surface area contributed by atoms with Gasteiger partial charge in [0.15, 0.2) is 0 Å². The zero-order chi connectivity index (χ0) is 28.5. The maximum absolute atomic E-state index is 12.8. The van der Waals surface area contributed by atoms with Crippen molar-refractivity contribution in [3.8, 4) is 0 Å². The molecule has 12 nitrogen and oxygen atoms in total. The molecule has 0 fully saturated rings. The van der Waals surface area contributed by atoms with Gasteiger partial charge in [0.05, 0.1) is 14.6 Å². The van der Waals surface area contributed by atoms with Crippen molar-refractivity contribution in [1.29, 1.82) is 0 Å². The van der Waals surface area contributed by atoms with Crippen LogP contribution in [0, 0.1) is 0 Å². The number of benzene rings is 1. The lowest BCUT2D eigenvalue weighted by molar-refractivity contribution is -0.156. The number of carbonyl (C=O) groups excluding carboxylic acids is 3. The Bertz CT molecular complexity index is 1370. The topological polar surface area (TPSA) is 168 Å². The van der Waals surface area contributed by atoms with Crippen LogP contribution < -0.4 is 20.7 Å². The van der Waals surface area contributed by atoms with Crippen LogP contribution in [-0.4, -0.2) is 67.4 Å². The second-order valence-electron chi connectivity index (χ2n) is 9.15. The molecule has 208 valence electrons. The molecule has 14 heteroatoms. The Hall–Kier alpha value is -3.88. The molecule has 1 aromatic carbocycles. The predicted molar refractivity (Wildman–Crippen MR) is 146 cm³/mol. The fourth-order valence-corrected chi connectivity index (χ4v) is 5.14. The average molecular weight is 575 g/mol. The van der Waals surface area contributed by atoms with Gasteiger partial charge in [0.1, 0.15) is 11.6 Å². The third kappa shape index (κ3) is 9.42. The van der Waals surface area contributed by atoms with Crippen LogP contribution in [0.2, 0.25) is 0 Å². The van der Waals surface area contributed by atoms with Gasteiger partial charge in [0.2, 0.25) is 16.0 Å². The lowest BCUT2D eigenvalue weighted by Crippen LogP contribution is -2.50. The van der Waals surface area contributed by atoms with Crippen LogP contribution in [0.25, 0.3) is 0 Å². The Morgan fingerprint density at radius 3 is 2.13 bits per heavy atom. The van der Waals surface area contributed by atoms with Crippen LogP contribution in [0.1, 0.15) is 40.1 Å². The number of amides is 2. The van der Waals surface area contributed by atoms with Crippen LogP contribution in [0.15, 0.2) is 65.8 Å². The van der Waals surface area contributed by atoms with Gasteiger partial charge in [-0.1, -0.05) is 18.2 Å². The number of carbonyl (C=O) groups is 3. The van der Waals surface area contributed by atoms with E-state index in [4.69, 9.17) is 4.74 Å². The molecule has 2 heterocycles. The summed E-state index contributed by atoms with van der Waals surface area (Å²) in [6.45, 7) is 5.28. The van der Waals surface area contributed by atoms with Crippen LogP contribution >= 0.6 is 11.3 Å². The van der Waals surface area contributed by atoms with Crippen molar-refractivity contribution in [2.24, 2.45) is 0 Å². The molecule has 39 heavy (non-hydrogen) atoms. The van der Waals surface area contributed by atoms with Crippen molar-refractivity contribution in [1.82, 2.24) is 25.3 Å². The normalized spacial score (nSPS) is 12.3. The molecule has 1 unspecified atom stereocenters. The summed E-state index contributed by atoms with van der Waals surface area (Å²) in [7, 11) is -4.07. The molecule has 4 N–H and O–H groups in total. The highest BCUT2D eigenvalue weighted by atomic mass is 32.2. The molecule has 0 saturated carbocycles. The van der Waals surface area contributed by atoms with Crippen molar-refractivity contribution in [2.75, 3.05) is 25.0 Å². The molecule has 3 rings (SSSR count). The van der Waals surface area contributed by atoms with E-state index in [9.17, 15) is 22.8 Å². The largest absolute Gasteiger partial charge is 0.459 e. The van der Waals surface area contributed by atoms with Crippen LogP contribution in [0.4, 0.5) is 5.95 Å². The second-order valence-corrected chi connectivity index (χ2v) is 11.9. The first kappa shape index (κ1) is 29.7. The van der Waals surface area contributed by atoms with E-state index in [0.717, 1.165) is 11.3 Å². The fourth-order valence-electron chi connectivity index (χ4n) is 3.09. The summed E-state index contributed by atoms with van der Waals surface area (Å²) in [5.74, 6) is -1.34. The van der Waals surface area contributed by atoms with Gasteiger partial charge in [-0.2, -0.15) is 4.72 Å². The van der Waals surface area contributed by atoms with Gasteiger partial charge >= 0.3 is 5.97 Å². The molecule has 2 amide bonds. The molecule has 0 aliphatic carbocycles. The Morgan fingerprint density at radius 2 is 1.51 bits per heavy atom. The predicted octanol–water partition coefficient (Wildman–Crippen LogP) is 1.80. The molecule has 0 aliphatic heterocycles. The van der Waals surface area contributed by atoms with Gasteiger partial charge in [-0.3, -0.25) is 14.4 Å². The van der Waals surface area contributed by atoms with E-state index in [0.29, 0.717) is 23.9 Å². The minimum atomic E-state index is -4.07. The maximum atomic E-state index is 12.8. The van der Waals surface area contributed by atoms with Crippen molar-refractivity contribution in [3.05, 3.63) is 70.7 Å². The first-order chi connectivity index (χ1) is 18.4. The number of esters is 1. The van der Waals surface area contributed by atoms with Gasteiger partial charge < -0.3 is 20.7 Å². The highest BCUT2D eigenvalue weighted by Crippen LogP contribution is 2.17. The van der Waals surface area contributed by atoms with Crippen molar-refractivity contribution >= 4 is 45.1 Å². The zero-order valence-electron chi connectivity index (χ0n) is 21.6. The number of rotatable bonds is 12. The SMILES string of the molecule is CC(C)(C)OC(=O)C(CNC(=O)c1ccc(C(=O)NCCNc2ncccn2)s1)NS(=O)(=O)c1ccccc1. The quantitative estimate of drug-likeness (QED) is 0.186. The van der Waals surface area contributed by atoms with Crippen LogP contribution in [0.3, 0.4) is 0 Å². The number of nitrogens with zero attached hydrogens (tertiary/aromatic N) is 2. The number of sulfonamides is 1. The number of aromatic nitrogens is 2. The molecule has 0 saturated heterocycles. The van der Waals surface area contributed by atoms with Crippen LogP contribution in [-0.2, 0) is 19.6 Å². The molecule has 0 aliphatic rings. The van der Waals surface area contributed by atoms with Gasteiger partial charge in [-0.15, -0.1) is 11.3 Å². The molecule has 2 aromatic heterocycles. The van der Waals surface area contributed by atoms with E-state index in [1.807, 2.05) is 0 Å². The number of nitrogens with one attached hydrogen (secondary N) is 4. The summed E-state index contributed by atoms with van der Waals surface area (Å²) in [4.78, 5) is 46.5. The van der Waals surface area contributed by atoms with E-state index < -0.39 is 33.5 Å². The lowest BCUT2D eigenvalue weighted by Gasteiger charge is -2.24. The van der Waals surface area contributed by atoms with E-state index in [1.165, 1.54) is 24.3 Å². The van der Waals surface area contributed by atoms with E-state index in [1.54, 1.807) is 57.4 Å². The maximum Gasteiger partial charge on any atom is 0.326 e. The Balaban J connectivity index is 1.58. The molecule has 0 bridgehead atoms. The number of thiophene rings is 1. The Morgan fingerprint density at radius 1 is 0.897 bits per heavy atom. The molecular weight excluding hydrogens is 544 g/mol. The zero-order valence-corrected chi connectivity index (χ0v) is 23.3. The Kier molecular flexibility index (Phi) is 10.1. The number of hydrogen-bond acceptors (Lipinski definition) is 10. The summed E-state index contributed by atoms with van der Waals surface area (Å²) in [6.07, 6.45) is 3.19. The van der Waals surface area contributed by atoms with Crippen molar-refractivity contribution < 1.29 is 27.5 Å². The van der Waals surface area contributed by atoms with Crippen molar-refractivity contribution in [2.45, 2.75) is 37.3 Å². The number of ether oxygens (including phenoxy) is 1. The van der Waals surface area contributed by atoms with Gasteiger partial charge in [0, 0.05) is 32.0 Å². The first-order valence-electron chi connectivity index (χ1n) is 11.9. The molecule has 0 spiro atoms. The number of hydrogen-bond donors (Lipinski definition) is 4. The summed E-state index contributed by atoms with van der Waals surface area (Å²) in [5, 5.41) is 8.25. The van der Waals surface area contributed by atoms with E-state index in [-0.39, 0.29) is 22.2 Å². The van der Waals surface area contributed by atoms with Gasteiger partial charge in [-0.05, 0) is 51.1 Å². The summed E-state index contributed by atoms with van der Waals surface area (Å²) < 4.78 is 33.3. The second kappa shape index (κ2) is 13.3. The summed E-state index contributed by atoms with van der Waals surface area (Å²) in [5.41, 5.74) is -0.878. The smallest absolute Gasteiger partial charge is 0.326 e. The molecule has 1 atom stereocenters. The third-order valence-corrected chi connectivity index (χ3v) is 7.39. The molecule has 0 radical (unpaired) electrons. The van der Waals surface area contributed by atoms with Crippen LogP contribution in [0.5, 0.6) is 0 Å². The molecule has 3 aromatic rings. The van der Waals surface area contributed by atoms with Gasteiger partial charge in [0.25, 0.3) is 11.8 Å². The minimum Gasteiger partial charge on any atom is -0.459 e. The summed E-state index contributed by atoms with van der Waals surface area (Å²) in [6, 6.07) is 10.8. The minimum absolute atomic E-state index is 0.0368. The van der Waals surface area contributed by atoms with E-state index in [2.05, 4.69) is 30.6 Å². The average Bonchev–Trinajstić information content (AvgIpc) is 3.39. The lowest BCUT2D eigenvalue weighted by atomic mass is 10.2. The number of anilines is 1. The standard InChI is InChI=1S/C25H30N6O6S2/c1-25(2,3)37-23(34)18(31-39(35,36)17-8-5-4-6-9-17)16-30-22(33)20-11-10-19(38-20)21(32)26-14-15-29-24-27-12-7-13-28-24/h4-13,18,31H,14-16H2,1-3H3,(H,26,32)(H,30,33)(H,27,28,29). The van der Waals surface area contributed by atoms with Crippen molar-refractivity contribution in [3.63, 3.8) is 0 Å². The van der Waals surface area contributed by atoms with Gasteiger partial charge in [-0.25, -0.2) is 18.4 Å².